The second kappa shape index (κ2) is 8.75. The van der Waals surface area contributed by atoms with Crippen molar-refractivity contribution in [1.29, 1.82) is 0 Å². The number of benzene rings is 2. The van der Waals surface area contributed by atoms with Crippen molar-refractivity contribution in [2.75, 3.05) is 24.7 Å². The number of amides is 1. The van der Waals surface area contributed by atoms with Crippen LogP contribution in [0.3, 0.4) is 0 Å². The standard InChI is InChI=1S/C22H22ClN3O4/c1-3-28-18-10-5-14(11-19(18)29-4-2)22-24-21(25-30-22)15-12-20(27)26(13-15)17-8-6-16(23)7-9-17/h5-11,15H,3-4,12-13H2,1-2H3. The van der Waals surface area contributed by atoms with Crippen LogP contribution in [0.2, 0.25) is 5.02 Å². The normalized spacial score (nSPS) is 16.2. The van der Waals surface area contributed by atoms with Gasteiger partial charge in [0.15, 0.2) is 17.3 Å². The first-order valence-corrected chi connectivity index (χ1v) is 10.3. The van der Waals surface area contributed by atoms with Crippen molar-refractivity contribution < 1.29 is 18.8 Å². The van der Waals surface area contributed by atoms with Crippen molar-refractivity contribution in [1.82, 2.24) is 10.1 Å². The highest BCUT2D eigenvalue weighted by Crippen LogP contribution is 2.35. The molecular weight excluding hydrogens is 406 g/mol. The maximum Gasteiger partial charge on any atom is 0.258 e. The summed E-state index contributed by atoms with van der Waals surface area (Å²) in [5, 5.41) is 4.76. The van der Waals surface area contributed by atoms with Gasteiger partial charge < -0.3 is 18.9 Å². The maximum atomic E-state index is 12.5. The van der Waals surface area contributed by atoms with Gasteiger partial charge in [0.2, 0.25) is 5.91 Å². The van der Waals surface area contributed by atoms with Gasteiger partial charge in [-0.3, -0.25) is 4.79 Å². The molecule has 0 spiro atoms. The summed E-state index contributed by atoms with van der Waals surface area (Å²) >= 11 is 5.95. The summed E-state index contributed by atoms with van der Waals surface area (Å²) in [7, 11) is 0. The van der Waals surface area contributed by atoms with Gasteiger partial charge in [-0.05, 0) is 56.3 Å². The van der Waals surface area contributed by atoms with Gasteiger partial charge in [0.1, 0.15) is 0 Å². The van der Waals surface area contributed by atoms with E-state index in [4.69, 9.17) is 25.6 Å². The smallest absolute Gasteiger partial charge is 0.258 e. The fourth-order valence-corrected chi connectivity index (χ4v) is 3.58. The van der Waals surface area contributed by atoms with Gasteiger partial charge in [0.25, 0.3) is 5.89 Å². The number of halogens is 1. The van der Waals surface area contributed by atoms with Crippen LogP contribution in [0.25, 0.3) is 11.5 Å². The van der Waals surface area contributed by atoms with E-state index in [1.807, 2.05) is 44.2 Å². The molecule has 8 heteroatoms. The number of anilines is 1. The molecule has 156 valence electrons. The molecule has 0 aliphatic carbocycles. The van der Waals surface area contributed by atoms with Crippen molar-refractivity contribution >= 4 is 23.2 Å². The summed E-state index contributed by atoms with van der Waals surface area (Å²) in [4.78, 5) is 18.8. The summed E-state index contributed by atoms with van der Waals surface area (Å²) in [6.07, 6.45) is 0.328. The van der Waals surface area contributed by atoms with Gasteiger partial charge in [-0.15, -0.1) is 0 Å². The molecule has 30 heavy (non-hydrogen) atoms. The van der Waals surface area contributed by atoms with E-state index in [1.54, 1.807) is 17.0 Å². The topological polar surface area (TPSA) is 77.7 Å². The van der Waals surface area contributed by atoms with Crippen LogP contribution in [-0.2, 0) is 4.79 Å². The first-order chi connectivity index (χ1) is 14.6. The van der Waals surface area contributed by atoms with E-state index in [2.05, 4.69) is 10.1 Å². The maximum absolute atomic E-state index is 12.5. The lowest BCUT2D eigenvalue weighted by Gasteiger charge is -2.16. The highest BCUT2D eigenvalue weighted by Gasteiger charge is 2.34. The molecule has 0 radical (unpaired) electrons. The lowest BCUT2D eigenvalue weighted by molar-refractivity contribution is -0.117. The lowest BCUT2D eigenvalue weighted by Crippen LogP contribution is -2.24. The van der Waals surface area contributed by atoms with Crippen LogP contribution in [0.4, 0.5) is 5.69 Å². The molecule has 7 nitrogen and oxygen atoms in total. The zero-order valence-electron chi connectivity index (χ0n) is 16.8. The Morgan fingerprint density at radius 2 is 1.83 bits per heavy atom. The van der Waals surface area contributed by atoms with Crippen LogP contribution in [0, 0.1) is 0 Å². The quantitative estimate of drug-likeness (QED) is 0.543. The van der Waals surface area contributed by atoms with Crippen LogP contribution in [0.15, 0.2) is 47.0 Å². The Bertz CT molecular complexity index is 1040. The third kappa shape index (κ3) is 4.11. The minimum atomic E-state index is -0.139. The fraction of sp³-hybridized carbons (Fsp3) is 0.318. The van der Waals surface area contributed by atoms with Crippen molar-refractivity contribution in [3.63, 3.8) is 0 Å². The lowest BCUT2D eigenvalue weighted by atomic mass is 10.1. The zero-order valence-corrected chi connectivity index (χ0v) is 17.6. The monoisotopic (exact) mass is 427 g/mol. The largest absolute Gasteiger partial charge is 0.490 e. The van der Waals surface area contributed by atoms with Crippen LogP contribution in [-0.4, -0.2) is 35.8 Å². The number of carbonyl (C=O) groups is 1. The van der Waals surface area contributed by atoms with Gasteiger partial charge in [-0.25, -0.2) is 0 Å². The number of carbonyl (C=O) groups excluding carboxylic acids is 1. The molecule has 1 fully saturated rings. The van der Waals surface area contributed by atoms with Crippen molar-refractivity contribution in [2.45, 2.75) is 26.2 Å². The summed E-state index contributed by atoms with van der Waals surface area (Å²) in [5.41, 5.74) is 1.54. The number of rotatable bonds is 7. The predicted molar refractivity (Wildman–Crippen MR) is 113 cm³/mol. The molecule has 4 rings (SSSR count). The minimum Gasteiger partial charge on any atom is -0.490 e. The molecule has 1 unspecified atom stereocenters. The van der Waals surface area contributed by atoms with Gasteiger partial charge in [0.05, 0.1) is 13.2 Å². The highest BCUT2D eigenvalue weighted by atomic mass is 35.5. The van der Waals surface area contributed by atoms with Crippen LogP contribution in [0.1, 0.15) is 32.0 Å². The van der Waals surface area contributed by atoms with Gasteiger partial charge >= 0.3 is 0 Å². The van der Waals surface area contributed by atoms with E-state index in [1.165, 1.54) is 0 Å². The van der Waals surface area contributed by atoms with E-state index in [0.29, 0.717) is 54.4 Å². The van der Waals surface area contributed by atoms with Crippen molar-refractivity contribution in [3.8, 4) is 23.0 Å². The number of nitrogens with zero attached hydrogens (tertiary/aromatic N) is 3. The van der Waals surface area contributed by atoms with E-state index < -0.39 is 0 Å². The average Bonchev–Trinajstić information content (AvgIpc) is 3.37. The van der Waals surface area contributed by atoms with Crippen molar-refractivity contribution in [2.24, 2.45) is 0 Å². The van der Waals surface area contributed by atoms with E-state index in [0.717, 1.165) is 11.3 Å². The Morgan fingerprint density at radius 1 is 1.10 bits per heavy atom. The average molecular weight is 428 g/mol. The SMILES string of the molecule is CCOc1ccc(-c2nc(C3CC(=O)N(c4ccc(Cl)cc4)C3)no2)cc1OCC. The molecule has 1 saturated heterocycles. The Kier molecular flexibility index (Phi) is 5.90. The van der Waals surface area contributed by atoms with Crippen LogP contribution >= 0.6 is 11.6 Å². The van der Waals surface area contributed by atoms with E-state index in [9.17, 15) is 4.79 Å². The van der Waals surface area contributed by atoms with Crippen LogP contribution < -0.4 is 14.4 Å². The first-order valence-electron chi connectivity index (χ1n) is 9.88. The van der Waals surface area contributed by atoms with Crippen molar-refractivity contribution in [3.05, 3.63) is 53.3 Å². The number of hydrogen-bond acceptors (Lipinski definition) is 6. The summed E-state index contributed by atoms with van der Waals surface area (Å²) < 4.78 is 16.7. The highest BCUT2D eigenvalue weighted by molar-refractivity contribution is 6.30. The second-order valence-corrected chi connectivity index (χ2v) is 7.30. The molecule has 1 aliphatic heterocycles. The minimum absolute atomic E-state index is 0.0216. The summed E-state index contributed by atoms with van der Waals surface area (Å²) in [5.74, 6) is 2.07. The summed E-state index contributed by atoms with van der Waals surface area (Å²) in [6, 6.07) is 12.7. The van der Waals surface area contributed by atoms with Gasteiger partial charge in [-0.2, -0.15) is 4.98 Å². The molecule has 2 aromatic carbocycles. The molecule has 1 amide bonds. The molecule has 2 heterocycles. The Labute approximate surface area is 179 Å². The predicted octanol–water partition coefficient (Wildman–Crippen LogP) is 4.71. The van der Waals surface area contributed by atoms with E-state index in [-0.39, 0.29) is 11.8 Å². The Hall–Kier alpha value is -3.06. The third-order valence-corrected chi connectivity index (χ3v) is 5.11. The number of aromatic nitrogens is 2. The summed E-state index contributed by atoms with van der Waals surface area (Å²) in [6.45, 7) is 5.39. The van der Waals surface area contributed by atoms with Gasteiger partial charge in [-0.1, -0.05) is 16.8 Å². The second-order valence-electron chi connectivity index (χ2n) is 6.87. The molecular formula is C22H22ClN3O4. The van der Waals surface area contributed by atoms with Gasteiger partial charge in [0, 0.05) is 35.2 Å². The molecule has 0 saturated carbocycles. The third-order valence-electron chi connectivity index (χ3n) is 4.86. The molecule has 0 bridgehead atoms. The Balaban J connectivity index is 1.54. The number of hydrogen-bond donors (Lipinski definition) is 0. The molecule has 1 atom stereocenters. The fourth-order valence-electron chi connectivity index (χ4n) is 3.45. The van der Waals surface area contributed by atoms with Crippen LogP contribution in [0.5, 0.6) is 11.5 Å². The molecule has 0 N–H and O–H groups in total. The first kappa shape index (κ1) is 20.2. The Morgan fingerprint density at radius 3 is 2.57 bits per heavy atom. The molecule has 1 aromatic heterocycles. The van der Waals surface area contributed by atoms with E-state index >= 15 is 0 Å². The molecule has 1 aliphatic rings. The zero-order chi connectivity index (χ0) is 21.1. The molecule has 3 aromatic rings. The number of ether oxygens (including phenoxy) is 2.